The molecule has 64 heavy (non-hydrogen) atoms. The molecule has 10 aromatic rings. The molecule has 6 nitrogen and oxygen atoms in total. The van der Waals surface area contributed by atoms with Gasteiger partial charge in [-0.15, -0.1) is 0 Å². The second-order valence-corrected chi connectivity index (χ2v) is 18.4. The summed E-state index contributed by atoms with van der Waals surface area (Å²) in [6.07, 6.45) is 3.67. The van der Waals surface area contributed by atoms with Gasteiger partial charge in [-0.05, 0) is 86.0 Å². The molecular formula is C57H34N4O2S. The summed E-state index contributed by atoms with van der Waals surface area (Å²) in [4.78, 5) is 20.8. The average molecular weight is 839 g/mol. The van der Waals surface area contributed by atoms with E-state index in [1.807, 2.05) is 91.3 Å². The fourth-order valence-corrected chi connectivity index (χ4v) is 12.1. The van der Waals surface area contributed by atoms with E-state index in [0.717, 1.165) is 94.7 Å². The van der Waals surface area contributed by atoms with Crippen molar-refractivity contribution in [1.29, 1.82) is 0 Å². The number of benzene rings is 8. The normalized spacial score (nSPS) is 15.5. The maximum Gasteiger partial charge on any atom is 0.207 e. The number of aromatic nitrogens is 4. The molecule has 0 bridgehead atoms. The predicted octanol–water partition coefficient (Wildman–Crippen LogP) is 12.8. The molecule has 300 valence electrons. The SMILES string of the molecule is O=S1(=O)c2ccccc2-c2cc3c(cc21)-c1ccccc1C31c2ccccc2-c2ccccc2-c2ccc(-c3nc(-c4ccccc4)cc(-c4cnc(-c5ccccc5)nc4)n3)cc21. The largest absolute Gasteiger partial charge is 0.236 e. The molecule has 0 saturated carbocycles. The van der Waals surface area contributed by atoms with Crippen LogP contribution in [0.15, 0.2) is 216 Å². The van der Waals surface area contributed by atoms with Crippen molar-refractivity contribution in [2.24, 2.45) is 0 Å². The van der Waals surface area contributed by atoms with Crippen molar-refractivity contribution in [3.63, 3.8) is 0 Å². The molecule has 0 radical (unpaired) electrons. The zero-order valence-electron chi connectivity index (χ0n) is 34.1. The highest BCUT2D eigenvalue weighted by Gasteiger charge is 2.51. The van der Waals surface area contributed by atoms with Gasteiger partial charge in [0.25, 0.3) is 0 Å². The fraction of sp³-hybridized carbons (Fsp3) is 0.0175. The van der Waals surface area contributed by atoms with Gasteiger partial charge in [0.05, 0.1) is 26.6 Å². The van der Waals surface area contributed by atoms with E-state index in [0.29, 0.717) is 27.1 Å². The second kappa shape index (κ2) is 13.7. The monoisotopic (exact) mass is 838 g/mol. The molecule has 13 rings (SSSR count). The lowest BCUT2D eigenvalue weighted by atomic mass is 9.65. The van der Waals surface area contributed by atoms with Crippen LogP contribution in [-0.2, 0) is 15.3 Å². The molecule has 1 atom stereocenters. The van der Waals surface area contributed by atoms with Gasteiger partial charge in [-0.1, -0.05) is 164 Å². The summed E-state index contributed by atoms with van der Waals surface area (Å²) in [5.41, 5.74) is 16.3. The molecule has 1 aliphatic heterocycles. The summed E-state index contributed by atoms with van der Waals surface area (Å²) in [7, 11) is -3.74. The molecule has 7 heteroatoms. The first-order valence-electron chi connectivity index (χ1n) is 21.3. The van der Waals surface area contributed by atoms with E-state index in [1.54, 1.807) is 12.1 Å². The van der Waals surface area contributed by atoms with Crippen LogP contribution in [0.5, 0.6) is 0 Å². The Hall–Kier alpha value is -8.13. The van der Waals surface area contributed by atoms with Crippen LogP contribution >= 0.6 is 0 Å². The van der Waals surface area contributed by atoms with Crippen molar-refractivity contribution in [2.75, 3.05) is 0 Å². The average Bonchev–Trinajstić information content (AvgIpc) is 3.73. The molecule has 2 aliphatic carbocycles. The van der Waals surface area contributed by atoms with Crippen LogP contribution in [0, 0.1) is 0 Å². The van der Waals surface area contributed by atoms with Crippen molar-refractivity contribution < 1.29 is 8.42 Å². The first-order chi connectivity index (χ1) is 31.5. The highest BCUT2D eigenvalue weighted by molar-refractivity contribution is 7.92. The molecular weight excluding hydrogens is 805 g/mol. The Morgan fingerprint density at radius 3 is 1.52 bits per heavy atom. The highest BCUT2D eigenvalue weighted by Crippen LogP contribution is 2.63. The van der Waals surface area contributed by atoms with Gasteiger partial charge in [-0.3, -0.25) is 0 Å². The minimum atomic E-state index is -3.74. The van der Waals surface area contributed by atoms with Crippen LogP contribution < -0.4 is 0 Å². The lowest BCUT2D eigenvalue weighted by Crippen LogP contribution is -2.29. The molecule has 3 aliphatic rings. The van der Waals surface area contributed by atoms with E-state index in [9.17, 15) is 8.42 Å². The van der Waals surface area contributed by atoms with Gasteiger partial charge in [-0.25, -0.2) is 28.4 Å². The summed E-state index contributed by atoms with van der Waals surface area (Å²) < 4.78 is 28.6. The molecule has 3 heterocycles. The first kappa shape index (κ1) is 36.5. The van der Waals surface area contributed by atoms with Gasteiger partial charge in [0.15, 0.2) is 11.6 Å². The van der Waals surface area contributed by atoms with Crippen LogP contribution in [0.2, 0.25) is 0 Å². The molecule has 0 N–H and O–H groups in total. The lowest BCUT2D eigenvalue weighted by Gasteiger charge is -2.35. The Labute approximate surface area is 370 Å². The van der Waals surface area contributed by atoms with Crippen LogP contribution in [0.1, 0.15) is 22.3 Å². The Bertz CT molecular complexity index is 3680. The minimum Gasteiger partial charge on any atom is -0.236 e. The van der Waals surface area contributed by atoms with E-state index in [-0.39, 0.29) is 0 Å². The summed E-state index contributed by atoms with van der Waals surface area (Å²) in [6.45, 7) is 0. The standard InChI is InChI=1S/C57H34N4O2S/c62-64(63)53-26-14-11-23-44(53)46-30-50-45(31-54(46)64)42-22-10-13-25-48(42)57(50)47-24-12-9-21-41(47)39-19-7-8-20-40(39)43-28-27-37(29-49(43)57)56-60-51(35-15-3-1-4-16-35)32-52(61-56)38-33-58-55(59-34-38)36-17-5-2-6-18-36/h1-34H. The third kappa shape index (κ3) is 5.16. The first-order valence-corrected chi connectivity index (χ1v) is 22.8. The Morgan fingerprint density at radius 2 is 0.844 bits per heavy atom. The van der Waals surface area contributed by atoms with Gasteiger partial charge in [0.2, 0.25) is 9.84 Å². The minimum absolute atomic E-state index is 0.345. The Balaban J connectivity index is 1.10. The molecule has 0 amide bonds. The molecule has 8 aromatic carbocycles. The van der Waals surface area contributed by atoms with Gasteiger partial charge in [0.1, 0.15) is 0 Å². The number of sulfone groups is 1. The molecule has 0 saturated heterocycles. The molecule has 1 spiro atoms. The van der Waals surface area contributed by atoms with E-state index < -0.39 is 15.3 Å². The summed E-state index contributed by atoms with van der Waals surface area (Å²) in [5, 5.41) is 0. The van der Waals surface area contributed by atoms with Crippen molar-refractivity contribution in [1.82, 2.24) is 19.9 Å². The van der Waals surface area contributed by atoms with Crippen LogP contribution in [0.25, 0.3) is 89.8 Å². The van der Waals surface area contributed by atoms with Gasteiger partial charge in [0, 0.05) is 45.8 Å². The van der Waals surface area contributed by atoms with E-state index in [1.165, 1.54) is 0 Å². The van der Waals surface area contributed by atoms with E-state index >= 15 is 0 Å². The summed E-state index contributed by atoms with van der Waals surface area (Å²) in [6, 6.07) is 66.1. The van der Waals surface area contributed by atoms with E-state index in [2.05, 4.69) is 103 Å². The van der Waals surface area contributed by atoms with E-state index in [4.69, 9.17) is 19.9 Å². The van der Waals surface area contributed by atoms with Gasteiger partial charge < -0.3 is 0 Å². The Kier molecular flexibility index (Phi) is 7.81. The molecule has 0 fully saturated rings. The third-order valence-electron chi connectivity index (χ3n) is 13.2. The van der Waals surface area contributed by atoms with Crippen LogP contribution in [0.4, 0.5) is 0 Å². The number of fused-ring (bicyclic) bond motifs is 15. The highest BCUT2D eigenvalue weighted by atomic mass is 32.2. The van der Waals surface area contributed by atoms with Gasteiger partial charge >= 0.3 is 0 Å². The zero-order chi connectivity index (χ0) is 42.6. The number of hydrogen-bond acceptors (Lipinski definition) is 6. The number of hydrogen-bond donors (Lipinski definition) is 0. The van der Waals surface area contributed by atoms with Crippen molar-refractivity contribution in [3.8, 4) is 89.8 Å². The van der Waals surface area contributed by atoms with Crippen molar-refractivity contribution >= 4 is 9.84 Å². The van der Waals surface area contributed by atoms with Crippen LogP contribution in [-0.4, -0.2) is 28.4 Å². The second-order valence-electron chi connectivity index (χ2n) is 16.5. The van der Waals surface area contributed by atoms with Gasteiger partial charge in [-0.2, -0.15) is 0 Å². The van der Waals surface area contributed by atoms with Crippen LogP contribution in [0.3, 0.4) is 0 Å². The predicted molar refractivity (Wildman–Crippen MR) is 252 cm³/mol. The Morgan fingerprint density at radius 1 is 0.328 bits per heavy atom. The topological polar surface area (TPSA) is 85.7 Å². The maximum atomic E-state index is 14.3. The fourth-order valence-electron chi connectivity index (χ4n) is 10.4. The quantitative estimate of drug-likeness (QED) is 0.175. The number of rotatable bonds is 4. The van der Waals surface area contributed by atoms with Crippen molar-refractivity contribution in [3.05, 3.63) is 229 Å². The molecule has 2 aromatic heterocycles. The summed E-state index contributed by atoms with van der Waals surface area (Å²) >= 11 is 0. The summed E-state index contributed by atoms with van der Waals surface area (Å²) in [5.74, 6) is 1.20. The third-order valence-corrected chi connectivity index (χ3v) is 15.0. The number of nitrogens with zero attached hydrogens (tertiary/aromatic N) is 4. The maximum absolute atomic E-state index is 14.3. The zero-order valence-corrected chi connectivity index (χ0v) is 35.0. The lowest BCUT2D eigenvalue weighted by molar-refractivity contribution is 0.598. The molecule has 1 unspecified atom stereocenters. The smallest absolute Gasteiger partial charge is 0.207 e. The van der Waals surface area contributed by atoms with Crippen molar-refractivity contribution in [2.45, 2.75) is 15.2 Å².